The predicted octanol–water partition coefficient (Wildman–Crippen LogP) is 3.37. The van der Waals surface area contributed by atoms with Crippen LogP contribution >= 0.6 is 0 Å². The van der Waals surface area contributed by atoms with Crippen LogP contribution in [0.5, 0.6) is 0 Å². The number of aliphatic hydroxyl groups is 1. The first kappa shape index (κ1) is 12.2. The maximum absolute atomic E-state index is 10.4. The molecule has 0 aliphatic heterocycles. The second-order valence-corrected chi connectivity index (χ2v) is 6.28. The Morgan fingerprint density at radius 3 is 2.83 bits per heavy atom. The van der Waals surface area contributed by atoms with Crippen molar-refractivity contribution in [3.8, 4) is 0 Å². The van der Waals surface area contributed by atoms with Crippen molar-refractivity contribution in [1.29, 1.82) is 0 Å². The van der Waals surface area contributed by atoms with Gasteiger partial charge >= 0.3 is 0 Å². The Kier molecular flexibility index (Phi) is 3.38. The first-order valence-corrected chi connectivity index (χ1v) is 7.33. The first-order chi connectivity index (χ1) is 8.74. The molecule has 2 saturated carbocycles. The molecule has 98 valence electrons. The van der Waals surface area contributed by atoms with Crippen LogP contribution in [0.4, 0.5) is 0 Å². The van der Waals surface area contributed by atoms with Crippen LogP contribution in [0.25, 0.3) is 0 Å². The molecule has 5 unspecified atom stereocenters. The van der Waals surface area contributed by atoms with E-state index in [1.54, 1.807) is 0 Å². The molecule has 2 nitrogen and oxygen atoms in total. The smallest absolute Gasteiger partial charge is 0.0623 e. The quantitative estimate of drug-likeness (QED) is 0.882. The Bertz CT molecular complexity index is 391. The van der Waals surface area contributed by atoms with E-state index in [1.807, 2.05) is 24.4 Å². The van der Waals surface area contributed by atoms with Crippen molar-refractivity contribution in [1.82, 2.24) is 4.98 Å². The van der Waals surface area contributed by atoms with E-state index in [0.29, 0.717) is 0 Å². The van der Waals surface area contributed by atoms with Gasteiger partial charge in [0.15, 0.2) is 0 Å². The average molecular weight is 245 g/mol. The highest BCUT2D eigenvalue weighted by atomic mass is 16.3. The van der Waals surface area contributed by atoms with Crippen LogP contribution in [0.1, 0.15) is 50.6 Å². The van der Waals surface area contributed by atoms with Crippen LogP contribution < -0.4 is 0 Å². The predicted molar refractivity (Wildman–Crippen MR) is 72.2 cm³/mol. The molecule has 0 amide bonds. The minimum Gasteiger partial charge on any atom is -0.392 e. The van der Waals surface area contributed by atoms with Gasteiger partial charge in [-0.05, 0) is 55.6 Å². The minimum absolute atomic E-state index is 0.158. The van der Waals surface area contributed by atoms with Crippen LogP contribution in [-0.2, 0) is 0 Å². The van der Waals surface area contributed by atoms with Gasteiger partial charge in [0.05, 0.1) is 6.10 Å². The van der Waals surface area contributed by atoms with Crippen molar-refractivity contribution in [2.45, 2.75) is 51.0 Å². The molecule has 2 fully saturated rings. The van der Waals surface area contributed by atoms with Crippen LogP contribution in [0.3, 0.4) is 0 Å². The van der Waals surface area contributed by atoms with E-state index in [2.05, 4.69) is 11.9 Å². The van der Waals surface area contributed by atoms with E-state index >= 15 is 0 Å². The summed E-state index contributed by atoms with van der Waals surface area (Å²) in [5.41, 5.74) is 1.02. The zero-order valence-electron chi connectivity index (χ0n) is 11.1. The van der Waals surface area contributed by atoms with Crippen molar-refractivity contribution in [2.75, 3.05) is 0 Å². The third-order valence-electron chi connectivity index (χ3n) is 5.16. The maximum atomic E-state index is 10.4. The van der Waals surface area contributed by atoms with Gasteiger partial charge in [-0.2, -0.15) is 0 Å². The van der Waals surface area contributed by atoms with Crippen LogP contribution in [-0.4, -0.2) is 16.2 Å². The Labute approximate surface area is 109 Å². The summed E-state index contributed by atoms with van der Waals surface area (Å²) in [5, 5.41) is 10.4. The minimum atomic E-state index is -0.232. The number of rotatable bonds is 4. The summed E-state index contributed by atoms with van der Waals surface area (Å²) in [4.78, 5) is 4.36. The number of nitrogens with zero attached hydrogens (tertiary/aromatic N) is 1. The number of pyridine rings is 1. The summed E-state index contributed by atoms with van der Waals surface area (Å²) in [6.07, 6.45) is 8.18. The van der Waals surface area contributed by atoms with Crippen molar-refractivity contribution in [3.63, 3.8) is 0 Å². The Hall–Kier alpha value is -0.890. The average Bonchev–Trinajstić information content (AvgIpc) is 3.01. The summed E-state index contributed by atoms with van der Waals surface area (Å²) in [6, 6.07) is 5.95. The molecule has 1 N–H and O–H groups in total. The van der Waals surface area contributed by atoms with E-state index in [9.17, 15) is 5.11 Å². The Balaban J connectivity index is 1.60. The second-order valence-electron chi connectivity index (χ2n) is 6.28. The zero-order chi connectivity index (χ0) is 12.5. The SMILES string of the molecule is CC(c1ccccn1)C(O)CC1CC2CCC1C2. The van der Waals surface area contributed by atoms with Gasteiger partial charge < -0.3 is 5.11 Å². The van der Waals surface area contributed by atoms with Gasteiger partial charge in [-0.3, -0.25) is 4.98 Å². The van der Waals surface area contributed by atoms with Gasteiger partial charge in [-0.25, -0.2) is 0 Å². The molecule has 2 aliphatic carbocycles. The van der Waals surface area contributed by atoms with Gasteiger partial charge in [0, 0.05) is 17.8 Å². The van der Waals surface area contributed by atoms with Crippen LogP contribution in [0.2, 0.25) is 0 Å². The van der Waals surface area contributed by atoms with E-state index in [0.717, 1.165) is 29.9 Å². The highest BCUT2D eigenvalue weighted by Crippen LogP contribution is 2.50. The molecule has 1 aromatic rings. The number of aromatic nitrogens is 1. The first-order valence-electron chi connectivity index (χ1n) is 7.33. The van der Waals surface area contributed by atoms with Gasteiger partial charge in [-0.1, -0.05) is 19.4 Å². The lowest BCUT2D eigenvalue weighted by Gasteiger charge is -2.27. The molecule has 18 heavy (non-hydrogen) atoms. The van der Waals surface area contributed by atoms with Crippen molar-refractivity contribution >= 4 is 0 Å². The second kappa shape index (κ2) is 5.00. The fraction of sp³-hybridized carbons (Fsp3) is 0.688. The lowest BCUT2D eigenvalue weighted by Crippen LogP contribution is -2.23. The van der Waals surface area contributed by atoms with E-state index in [-0.39, 0.29) is 12.0 Å². The molecule has 1 aromatic heterocycles. The van der Waals surface area contributed by atoms with E-state index < -0.39 is 0 Å². The van der Waals surface area contributed by atoms with Gasteiger partial charge in [0.25, 0.3) is 0 Å². The van der Waals surface area contributed by atoms with Crippen molar-refractivity contribution in [2.24, 2.45) is 17.8 Å². The summed E-state index contributed by atoms with van der Waals surface area (Å²) < 4.78 is 0. The molecule has 1 heterocycles. The fourth-order valence-electron chi connectivity index (χ4n) is 4.02. The number of hydrogen-bond donors (Lipinski definition) is 1. The lowest BCUT2D eigenvalue weighted by atomic mass is 9.82. The number of hydrogen-bond acceptors (Lipinski definition) is 2. The van der Waals surface area contributed by atoms with E-state index in [1.165, 1.54) is 25.7 Å². The van der Waals surface area contributed by atoms with E-state index in [4.69, 9.17) is 0 Å². The molecule has 2 heteroatoms. The zero-order valence-corrected chi connectivity index (χ0v) is 11.1. The molecule has 5 atom stereocenters. The fourth-order valence-corrected chi connectivity index (χ4v) is 4.02. The molecule has 2 bridgehead atoms. The highest BCUT2D eigenvalue weighted by Gasteiger charge is 2.40. The third-order valence-corrected chi connectivity index (χ3v) is 5.16. The summed E-state index contributed by atoms with van der Waals surface area (Å²) in [6.45, 7) is 2.10. The molecule has 0 aromatic carbocycles. The number of fused-ring (bicyclic) bond motifs is 2. The van der Waals surface area contributed by atoms with Crippen LogP contribution in [0, 0.1) is 17.8 Å². The Morgan fingerprint density at radius 1 is 1.33 bits per heavy atom. The van der Waals surface area contributed by atoms with Gasteiger partial charge in [0.2, 0.25) is 0 Å². The van der Waals surface area contributed by atoms with Crippen molar-refractivity contribution < 1.29 is 5.11 Å². The van der Waals surface area contributed by atoms with Crippen molar-refractivity contribution in [3.05, 3.63) is 30.1 Å². The molecule has 2 aliphatic rings. The maximum Gasteiger partial charge on any atom is 0.0623 e. The molecule has 0 spiro atoms. The lowest BCUT2D eigenvalue weighted by molar-refractivity contribution is 0.103. The summed E-state index contributed by atoms with van der Waals surface area (Å²) >= 11 is 0. The summed E-state index contributed by atoms with van der Waals surface area (Å²) in [5.74, 6) is 2.80. The normalized spacial score (nSPS) is 33.6. The summed E-state index contributed by atoms with van der Waals surface area (Å²) in [7, 11) is 0. The highest BCUT2D eigenvalue weighted by molar-refractivity contribution is 5.10. The molecular weight excluding hydrogens is 222 g/mol. The largest absolute Gasteiger partial charge is 0.392 e. The standard InChI is InChI=1S/C16H23NO/c1-11(15-4-2-3-7-17-15)16(18)10-14-9-12-5-6-13(14)8-12/h2-4,7,11-14,16,18H,5-6,8-10H2,1H3. The molecule has 0 radical (unpaired) electrons. The molecule has 0 saturated heterocycles. The number of aliphatic hydroxyl groups excluding tert-OH is 1. The molecular formula is C16H23NO. The third kappa shape index (κ3) is 2.31. The van der Waals surface area contributed by atoms with Gasteiger partial charge in [-0.15, -0.1) is 0 Å². The molecule has 3 rings (SSSR count). The Morgan fingerprint density at radius 2 is 2.22 bits per heavy atom. The van der Waals surface area contributed by atoms with Gasteiger partial charge in [0.1, 0.15) is 0 Å². The topological polar surface area (TPSA) is 33.1 Å². The van der Waals surface area contributed by atoms with Crippen LogP contribution in [0.15, 0.2) is 24.4 Å². The monoisotopic (exact) mass is 245 g/mol.